The van der Waals surface area contributed by atoms with Crippen LogP contribution in [0.15, 0.2) is 28.9 Å². The molecule has 1 heterocycles. The average molecular weight is 433 g/mol. The molecule has 1 aromatic carbocycles. The number of hydrogen-bond donors (Lipinski definition) is 3. The van der Waals surface area contributed by atoms with E-state index < -0.39 is 5.97 Å². The zero-order valence-electron chi connectivity index (χ0n) is 12.4. The van der Waals surface area contributed by atoms with Gasteiger partial charge < -0.3 is 15.7 Å². The lowest BCUT2D eigenvalue weighted by Crippen LogP contribution is -2.13. The highest BCUT2D eigenvalue weighted by Gasteiger charge is 2.19. The first kappa shape index (κ1) is 18.5. The number of carboxylic acids is 1. The van der Waals surface area contributed by atoms with Gasteiger partial charge in [0.05, 0.1) is 22.9 Å². The van der Waals surface area contributed by atoms with Crippen molar-refractivity contribution in [3.8, 4) is 0 Å². The number of rotatable bonds is 6. The molecule has 0 amide bonds. The van der Waals surface area contributed by atoms with Crippen LogP contribution in [-0.2, 0) is 4.79 Å². The van der Waals surface area contributed by atoms with Crippen molar-refractivity contribution in [3.63, 3.8) is 0 Å². The maximum absolute atomic E-state index is 11.4. The van der Waals surface area contributed by atoms with E-state index >= 15 is 0 Å². The largest absolute Gasteiger partial charge is 0.478 e. The van der Waals surface area contributed by atoms with Crippen LogP contribution in [0.2, 0.25) is 10.0 Å². The molecule has 0 radical (unpaired) electrons. The summed E-state index contributed by atoms with van der Waals surface area (Å²) in [6, 6.07) is 5.09. The fourth-order valence-electron chi connectivity index (χ4n) is 1.83. The number of carbonyl (C=O) groups excluding carboxylic acids is 1. The van der Waals surface area contributed by atoms with Gasteiger partial charge in [0.25, 0.3) is 0 Å². The standard InChI is InChI=1S/C15H12BrCl2N3O3/c1-7(22)5-19-14-12(18)13(9(6-20-14)15(23)24)21-11-3-2-8(16)4-10(11)17/h2-4,6H,5H2,1H3,(H,23,24)(H2,19,20,21). The second-order valence-electron chi connectivity index (χ2n) is 4.82. The molecule has 3 N–H and O–H groups in total. The van der Waals surface area contributed by atoms with Crippen molar-refractivity contribution in [3.05, 3.63) is 44.5 Å². The molecule has 0 aliphatic rings. The van der Waals surface area contributed by atoms with Crippen LogP contribution >= 0.6 is 39.1 Å². The first-order chi connectivity index (χ1) is 11.3. The molecule has 0 unspecified atom stereocenters. The average Bonchev–Trinajstić information content (AvgIpc) is 2.49. The normalized spacial score (nSPS) is 10.3. The van der Waals surface area contributed by atoms with Crippen LogP contribution in [0.5, 0.6) is 0 Å². The van der Waals surface area contributed by atoms with E-state index in [1.165, 1.54) is 6.92 Å². The SMILES string of the molecule is CC(=O)CNc1ncc(C(=O)O)c(Nc2ccc(Br)cc2Cl)c1Cl. The summed E-state index contributed by atoms with van der Waals surface area (Å²) in [5.41, 5.74) is 0.495. The number of nitrogens with one attached hydrogen (secondary N) is 2. The van der Waals surface area contributed by atoms with E-state index in [4.69, 9.17) is 23.2 Å². The number of nitrogens with zero attached hydrogens (tertiary/aromatic N) is 1. The van der Waals surface area contributed by atoms with Gasteiger partial charge in [0.1, 0.15) is 22.2 Å². The van der Waals surface area contributed by atoms with Gasteiger partial charge in [0.15, 0.2) is 0 Å². The number of carbonyl (C=O) groups is 2. The van der Waals surface area contributed by atoms with E-state index in [2.05, 4.69) is 31.5 Å². The fraction of sp³-hybridized carbons (Fsp3) is 0.133. The topological polar surface area (TPSA) is 91.3 Å². The van der Waals surface area contributed by atoms with Gasteiger partial charge in [-0.15, -0.1) is 0 Å². The highest BCUT2D eigenvalue weighted by Crippen LogP contribution is 2.36. The van der Waals surface area contributed by atoms with Crippen LogP contribution in [0.4, 0.5) is 17.2 Å². The second kappa shape index (κ2) is 7.83. The third kappa shape index (κ3) is 4.37. The van der Waals surface area contributed by atoms with E-state index in [1.54, 1.807) is 18.2 Å². The first-order valence-corrected chi connectivity index (χ1v) is 8.21. The Kier molecular flexibility index (Phi) is 6.04. The Bertz CT molecular complexity index is 815. The van der Waals surface area contributed by atoms with E-state index in [-0.39, 0.29) is 34.4 Å². The van der Waals surface area contributed by atoms with Crippen molar-refractivity contribution in [2.24, 2.45) is 0 Å². The molecule has 0 saturated heterocycles. The highest BCUT2D eigenvalue weighted by atomic mass is 79.9. The maximum atomic E-state index is 11.4. The Hall–Kier alpha value is -1.83. The summed E-state index contributed by atoms with van der Waals surface area (Å²) in [4.78, 5) is 26.5. The summed E-state index contributed by atoms with van der Waals surface area (Å²) in [6.07, 6.45) is 1.16. The second-order valence-corrected chi connectivity index (χ2v) is 6.52. The molecule has 0 aliphatic heterocycles. The van der Waals surface area contributed by atoms with Gasteiger partial charge in [-0.3, -0.25) is 4.79 Å². The van der Waals surface area contributed by atoms with Gasteiger partial charge in [0.2, 0.25) is 0 Å². The smallest absolute Gasteiger partial charge is 0.339 e. The van der Waals surface area contributed by atoms with Crippen molar-refractivity contribution in [1.29, 1.82) is 0 Å². The number of pyridine rings is 1. The van der Waals surface area contributed by atoms with E-state index in [1.807, 2.05) is 0 Å². The summed E-state index contributed by atoms with van der Waals surface area (Å²) in [5, 5.41) is 15.4. The van der Waals surface area contributed by atoms with Crippen molar-refractivity contribution in [2.75, 3.05) is 17.2 Å². The zero-order chi connectivity index (χ0) is 17.9. The predicted molar refractivity (Wildman–Crippen MR) is 97.8 cm³/mol. The molecule has 1 aromatic heterocycles. The quantitative estimate of drug-likeness (QED) is 0.618. The van der Waals surface area contributed by atoms with Crippen molar-refractivity contribution in [1.82, 2.24) is 4.98 Å². The Labute approximate surface area is 156 Å². The third-order valence-electron chi connectivity index (χ3n) is 2.95. The number of hydrogen-bond acceptors (Lipinski definition) is 5. The Morgan fingerprint density at radius 3 is 2.62 bits per heavy atom. The molecule has 0 aliphatic carbocycles. The summed E-state index contributed by atoms with van der Waals surface area (Å²) in [7, 11) is 0. The summed E-state index contributed by atoms with van der Waals surface area (Å²) >= 11 is 15.7. The lowest BCUT2D eigenvalue weighted by Gasteiger charge is -2.15. The number of anilines is 3. The van der Waals surface area contributed by atoms with Gasteiger partial charge in [-0.2, -0.15) is 0 Å². The highest BCUT2D eigenvalue weighted by molar-refractivity contribution is 9.10. The molecule has 24 heavy (non-hydrogen) atoms. The third-order valence-corrected chi connectivity index (χ3v) is 4.12. The van der Waals surface area contributed by atoms with Crippen LogP contribution in [0.25, 0.3) is 0 Å². The fourth-order valence-corrected chi connectivity index (χ4v) is 2.81. The van der Waals surface area contributed by atoms with Crippen molar-refractivity contribution in [2.45, 2.75) is 6.92 Å². The minimum Gasteiger partial charge on any atom is -0.478 e. The number of aromatic carboxylic acids is 1. The monoisotopic (exact) mass is 431 g/mol. The van der Waals surface area contributed by atoms with Crippen LogP contribution < -0.4 is 10.6 Å². The van der Waals surface area contributed by atoms with Crippen LogP contribution in [0.3, 0.4) is 0 Å². The summed E-state index contributed by atoms with van der Waals surface area (Å²) in [6.45, 7) is 1.44. The van der Waals surface area contributed by atoms with Crippen molar-refractivity contribution >= 4 is 68.1 Å². The summed E-state index contributed by atoms with van der Waals surface area (Å²) < 4.78 is 0.779. The molecule has 2 aromatic rings. The number of Topliss-reactive ketones (excluding diaryl/α,β-unsaturated/α-hetero) is 1. The predicted octanol–water partition coefficient (Wildman–Crippen LogP) is 4.59. The van der Waals surface area contributed by atoms with Gasteiger partial charge in [0, 0.05) is 10.7 Å². The number of benzene rings is 1. The molecule has 0 spiro atoms. The zero-order valence-corrected chi connectivity index (χ0v) is 15.5. The first-order valence-electron chi connectivity index (χ1n) is 6.66. The molecule has 126 valence electrons. The van der Waals surface area contributed by atoms with E-state index in [9.17, 15) is 14.7 Å². The number of halogens is 3. The van der Waals surface area contributed by atoms with Gasteiger partial charge in [-0.05, 0) is 25.1 Å². The molecule has 9 heteroatoms. The lowest BCUT2D eigenvalue weighted by atomic mass is 10.2. The van der Waals surface area contributed by atoms with Gasteiger partial charge in [-0.1, -0.05) is 39.1 Å². The minimum atomic E-state index is -1.20. The number of aromatic nitrogens is 1. The molecule has 0 atom stereocenters. The number of carboxylic acid groups (broad SMARTS) is 1. The van der Waals surface area contributed by atoms with Crippen LogP contribution in [-0.4, -0.2) is 28.4 Å². The molecule has 0 fully saturated rings. The molecular formula is C15H12BrCl2N3O3. The molecule has 0 saturated carbocycles. The van der Waals surface area contributed by atoms with Crippen molar-refractivity contribution < 1.29 is 14.7 Å². The molecular weight excluding hydrogens is 421 g/mol. The van der Waals surface area contributed by atoms with Gasteiger partial charge in [-0.25, -0.2) is 9.78 Å². The molecule has 0 bridgehead atoms. The summed E-state index contributed by atoms with van der Waals surface area (Å²) in [5.74, 6) is -1.11. The Balaban J connectivity index is 2.46. The Morgan fingerprint density at radius 1 is 1.33 bits per heavy atom. The van der Waals surface area contributed by atoms with E-state index in [0.29, 0.717) is 10.7 Å². The minimum absolute atomic E-state index is 0.0254. The lowest BCUT2D eigenvalue weighted by molar-refractivity contribution is -0.115. The molecule has 6 nitrogen and oxygen atoms in total. The Morgan fingerprint density at radius 2 is 2.04 bits per heavy atom. The van der Waals surface area contributed by atoms with E-state index in [0.717, 1.165) is 10.7 Å². The molecule has 2 rings (SSSR count). The number of ketones is 1. The maximum Gasteiger partial charge on any atom is 0.339 e. The van der Waals surface area contributed by atoms with Gasteiger partial charge >= 0.3 is 5.97 Å². The van der Waals surface area contributed by atoms with Crippen LogP contribution in [0, 0.1) is 0 Å². The van der Waals surface area contributed by atoms with Crippen LogP contribution in [0.1, 0.15) is 17.3 Å².